The molecule has 11 rings (SSSR count). The van der Waals surface area contributed by atoms with Crippen LogP contribution >= 0.6 is 0 Å². The molecule has 8 aromatic carbocycles. The number of benzene rings is 8. The zero-order valence-corrected chi connectivity index (χ0v) is 30.1. The summed E-state index contributed by atoms with van der Waals surface area (Å²) in [6.45, 7) is 0. The number of hydrogen-bond acceptors (Lipinski definition) is 5. The quantitative estimate of drug-likeness (QED) is 0.171. The van der Waals surface area contributed by atoms with Crippen LogP contribution in [0.4, 0.5) is 0 Å². The minimum absolute atomic E-state index is 0.624. The van der Waals surface area contributed by atoms with Crippen LogP contribution < -0.4 is 0 Å². The third-order valence-corrected chi connectivity index (χ3v) is 10.6. The molecular weight excluding hydrogens is 687 g/mol. The van der Waals surface area contributed by atoms with E-state index in [0.29, 0.717) is 17.5 Å². The molecule has 0 radical (unpaired) electrons. The van der Waals surface area contributed by atoms with Crippen molar-refractivity contribution in [2.75, 3.05) is 0 Å². The van der Waals surface area contributed by atoms with Crippen LogP contribution in [0.3, 0.4) is 0 Å². The molecule has 56 heavy (non-hydrogen) atoms. The molecule has 0 saturated carbocycles. The summed E-state index contributed by atoms with van der Waals surface area (Å²) < 4.78 is 12.8. The fourth-order valence-electron chi connectivity index (χ4n) is 7.79. The van der Waals surface area contributed by atoms with Crippen molar-refractivity contribution in [3.8, 4) is 67.5 Å². The maximum Gasteiger partial charge on any atom is 0.164 e. The van der Waals surface area contributed by atoms with Gasteiger partial charge in [-0.25, -0.2) is 15.0 Å². The maximum absolute atomic E-state index is 6.58. The molecule has 0 aliphatic heterocycles. The summed E-state index contributed by atoms with van der Waals surface area (Å²) in [4.78, 5) is 15.0. The Morgan fingerprint density at radius 1 is 0.268 bits per heavy atom. The fourth-order valence-corrected chi connectivity index (χ4v) is 7.79. The summed E-state index contributed by atoms with van der Waals surface area (Å²) >= 11 is 0. The van der Waals surface area contributed by atoms with Crippen molar-refractivity contribution in [2.24, 2.45) is 0 Å². The Bertz CT molecular complexity index is 3220. The Morgan fingerprint density at radius 2 is 0.732 bits per heavy atom. The Morgan fingerprint density at radius 3 is 1.45 bits per heavy atom. The molecule has 0 fully saturated rings. The Hall–Kier alpha value is -7.63. The van der Waals surface area contributed by atoms with E-state index in [1.807, 2.05) is 60.7 Å². The monoisotopic (exact) mass is 717 g/mol. The molecule has 0 unspecified atom stereocenters. The molecule has 0 aliphatic rings. The lowest BCUT2D eigenvalue weighted by Gasteiger charge is -2.12. The van der Waals surface area contributed by atoms with Gasteiger partial charge >= 0.3 is 0 Å². The third-order valence-electron chi connectivity index (χ3n) is 10.6. The minimum Gasteiger partial charge on any atom is -0.456 e. The second-order valence-electron chi connectivity index (χ2n) is 14.0. The first-order chi connectivity index (χ1) is 27.7. The van der Waals surface area contributed by atoms with Crippen molar-refractivity contribution in [1.29, 1.82) is 0 Å². The summed E-state index contributed by atoms with van der Waals surface area (Å²) in [6, 6.07) is 64.5. The van der Waals surface area contributed by atoms with E-state index in [1.54, 1.807) is 0 Å². The number of para-hydroxylation sites is 2. The Balaban J connectivity index is 0.933. The van der Waals surface area contributed by atoms with E-state index in [1.165, 1.54) is 0 Å². The standard InChI is InChI=1S/C51H31N3O2/c1-3-12-34(13-4-1)38-16-7-8-18-42(38)51-53-49(36-14-5-2-6-15-36)52-50(54-51)37-28-24-33(25-29-37)32-22-26-35(27-23-32)39-19-11-20-41-44-31-46-43(30-47(44)56-48(39)41)40-17-9-10-21-45(40)55-46/h1-31H. The number of aromatic nitrogens is 3. The van der Waals surface area contributed by atoms with Crippen LogP contribution in [0.15, 0.2) is 197 Å². The van der Waals surface area contributed by atoms with Gasteiger partial charge in [0.15, 0.2) is 17.5 Å². The van der Waals surface area contributed by atoms with Crippen LogP contribution in [-0.4, -0.2) is 15.0 Å². The average Bonchev–Trinajstić information content (AvgIpc) is 3.83. The van der Waals surface area contributed by atoms with Gasteiger partial charge in [0.2, 0.25) is 0 Å². The van der Waals surface area contributed by atoms with Crippen LogP contribution in [0.2, 0.25) is 0 Å². The van der Waals surface area contributed by atoms with E-state index in [9.17, 15) is 0 Å². The van der Waals surface area contributed by atoms with Crippen molar-refractivity contribution in [1.82, 2.24) is 15.0 Å². The first-order valence-corrected chi connectivity index (χ1v) is 18.7. The molecule has 0 spiro atoms. The topological polar surface area (TPSA) is 65.0 Å². The van der Waals surface area contributed by atoms with Crippen LogP contribution in [0, 0.1) is 0 Å². The summed E-state index contributed by atoms with van der Waals surface area (Å²) in [5.41, 5.74) is 12.8. The van der Waals surface area contributed by atoms with Gasteiger partial charge in [0, 0.05) is 43.8 Å². The first kappa shape index (κ1) is 31.9. The van der Waals surface area contributed by atoms with Gasteiger partial charge in [0.05, 0.1) is 0 Å². The van der Waals surface area contributed by atoms with E-state index in [4.69, 9.17) is 23.8 Å². The lowest BCUT2D eigenvalue weighted by molar-refractivity contribution is 0.664. The zero-order valence-electron chi connectivity index (χ0n) is 30.1. The minimum atomic E-state index is 0.624. The Labute approximate surface area is 322 Å². The van der Waals surface area contributed by atoms with E-state index in [0.717, 1.165) is 93.9 Å². The van der Waals surface area contributed by atoms with Crippen molar-refractivity contribution < 1.29 is 8.83 Å². The highest BCUT2D eigenvalue weighted by Gasteiger charge is 2.18. The van der Waals surface area contributed by atoms with Gasteiger partial charge in [-0.15, -0.1) is 0 Å². The number of furan rings is 2. The second kappa shape index (κ2) is 13.0. The molecule has 0 bridgehead atoms. The largest absolute Gasteiger partial charge is 0.456 e. The zero-order chi connectivity index (χ0) is 37.0. The van der Waals surface area contributed by atoms with Crippen LogP contribution in [0.25, 0.3) is 111 Å². The highest BCUT2D eigenvalue weighted by atomic mass is 16.3. The lowest BCUT2D eigenvalue weighted by atomic mass is 9.98. The number of rotatable bonds is 6. The van der Waals surface area contributed by atoms with Gasteiger partial charge < -0.3 is 8.83 Å². The maximum atomic E-state index is 6.58. The number of nitrogens with zero attached hydrogens (tertiary/aromatic N) is 3. The Kier molecular flexibility index (Phi) is 7.42. The van der Waals surface area contributed by atoms with Crippen molar-refractivity contribution in [3.63, 3.8) is 0 Å². The highest BCUT2D eigenvalue weighted by molar-refractivity contribution is 6.16. The van der Waals surface area contributed by atoms with Gasteiger partial charge in [0.1, 0.15) is 22.3 Å². The smallest absolute Gasteiger partial charge is 0.164 e. The molecule has 262 valence electrons. The van der Waals surface area contributed by atoms with Crippen LogP contribution in [-0.2, 0) is 0 Å². The SMILES string of the molecule is c1ccc(-c2nc(-c3ccc(-c4ccc(-c5cccc6c5oc5cc7c(cc56)oc5ccccc57)cc4)cc3)nc(-c3ccccc3-c3ccccc3)n2)cc1. The van der Waals surface area contributed by atoms with E-state index in [2.05, 4.69) is 127 Å². The molecule has 0 saturated heterocycles. The van der Waals surface area contributed by atoms with E-state index in [-0.39, 0.29) is 0 Å². The molecule has 5 heteroatoms. The molecule has 3 aromatic heterocycles. The van der Waals surface area contributed by atoms with Gasteiger partial charge in [-0.1, -0.05) is 170 Å². The normalized spacial score (nSPS) is 11.6. The van der Waals surface area contributed by atoms with E-state index < -0.39 is 0 Å². The molecule has 0 N–H and O–H groups in total. The fraction of sp³-hybridized carbons (Fsp3) is 0. The predicted octanol–water partition coefficient (Wildman–Crippen LogP) is 13.7. The van der Waals surface area contributed by atoms with Crippen molar-refractivity contribution in [3.05, 3.63) is 188 Å². The van der Waals surface area contributed by atoms with Crippen molar-refractivity contribution >= 4 is 43.9 Å². The summed E-state index contributed by atoms with van der Waals surface area (Å²) in [7, 11) is 0. The summed E-state index contributed by atoms with van der Waals surface area (Å²) in [6.07, 6.45) is 0. The average molecular weight is 718 g/mol. The number of fused-ring (bicyclic) bond motifs is 6. The predicted molar refractivity (Wildman–Crippen MR) is 227 cm³/mol. The highest BCUT2D eigenvalue weighted by Crippen LogP contribution is 2.40. The molecule has 3 heterocycles. The molecule has 0 atom stereocenters. The molecule has 11 aromatic rings. The van der Waals surface area contributed by atoms with Gasteiger partial charge in [-0.05, 0) is 46.0 Å². The third kappa shape index (κ3) is 5.45. The van der Waals surface area contributed by atoms with Crippen LogP contribution in [0.5, 0.6) is 0 Å². The molecular formula is C51H31N3O2. The van der Waals surface area contributed by atoms with Gasteiger partial charge in [-0.3, -0.25) is 0 Å². The second-order valence-corrected chi connectivity index (χ2v) is 14.0. The van der Waals surface area contributed by atoms with Crippen molar-refractivity contribution in [2.45, 2.75) is 0 Å². The molecule has 0 amide bonds. The van der Waals surface area contributed by atoms with Gasteiger partial charge in [0.25, 0.3) is 0 Å². The first-order valence-electron chi connectivity index (χ1n) is 18.7. The lowest BCUT2D eigenvalue weighted by Crippen LogP contribution is -2.01. The van der Waals surface area contributed by atoms with E-state index >= 15 is 0 Å². The van der Waals surface area contributed by atoms with Crippen LogP contribution in [0.1, 0.15) is 0 Å². The molecule has 5 nitrogen and oxygen atoms in total. The summed E-state index contributed by atoms with van der Waals surface area (Å²) in [5.74, 6) is 1.89. The van der Waals surface area contributed by atoms with Gasteiger partial charge in [-0.2, -0.15) is 0 Å². The summed E-state index contributed by atoms with van der Waals surface area (Å²) in [5, 5.41) is 4.27. The number of hydrogen-bond donors (Lipinski definition) is 0. The molecule has 0 aliphatic carbocycles.